The quantitative estimate of drug-likeness (QED) is 0.566. The Hall–Kier alpha value is -1.43. The minimum atomic E-state index is -0.737. The number of nitrogens with zero attached hydrogens (tertiary/aromatic N) is 1. The predicted octanol–water partition coefficient (Wildman–Crippen LogP) is 0.0651. The van der Waals surface area contributed by atoms with Crippen LogP contribution in [0.2, 0.25) is 0 Å². The molecule has 19 heavy (non-hydrogen) atoms. The van der Waals surface area contributed by atoms with Crippen LogP contribution in [-0.2, 0) is 19.1 Å². The maximum Gasteiger partial charge on any atom is 0.329 e. The van der Waals surface area contributed by atoms with E-state index in [4.69, 9.17) is 0 Å². The fraction of sp³-hybridized carbons (Fsp3) is 0.769. The van der Waals surface area contributed by atoms with Crippen LogP contribution < -0.4 is 5.32 Å². The van der Waals surface area contributed by atoms with Crippen molar-refractivity contribution in [3.8, 4) is 0 Å². The van der Waals surface area contributed by atoms with E-state index >= 15 is 0 Å². The monoisotopic (exact) mass is 268 g/mol. The van der Waals surface area contributed by atoms with E-state index in [0.717, 1.165) is 24.3 Å². The van der Waals surface area contributed by atoms with Gasteiger partial charge in [-0.3, -0.25) is 14.5 Å². The van der Waals surface area contributed by atoms with Gasteiger partial charge in [-0.1, -0.05) is 0 Å². The van der Waals surface area contributed by atoms with Crippen LogP contribution in [0.5, 0.6) is 0 Å². The number of esters is 1. The van der Waals surface area contributed by atoms with Crippen LogP contribution in [0.25, 0.3) is 0 Å². The number of imide groups is 1. The minimum absolute atomic E-state index is 0.0351. The predicted molar refractivity (Wildman–Crippen MR) is 67.1 cm³/mol. The molecule has 2 heterocycles. The van der Waals surface area contributed by atoms with Crippen LogP contribution in [0, 0.1) is 5.92 Å². The molecule has 0 aromatic carbocycles. The second-order valence-corrected chi connectivity index (χ2v) is 5.17. The zero-order chi connectivity index (χ0) is 14.0. The first-order chi connectivity index (χ1) is 9.06. The molecule has 0 aromatic heterocycles. The third-order valence-electron chi connectivity index (χ3n) is 4.00. The van der Waals surface area contributed by atoms with Crippen molar-refractivity contribution in [2.75, 3.05) is 13.7 Å². The van der Waals surface area contributed by atoms with Crippen molar-refractivity contribution in [1.82, 2.24) is 10.2 Å². The smallest absolute Gasteiger partial charge is 0.329 e. The van der Waals surface area contributed by atoms with Gasteiger partial charge in [-0.25, -0.2) is 4.79 Å². The van der Waals surface area contributed by atoms with E-state index in [2.05, 4.69) is 10.1 Å². The number of carbonyl (C=O) groups excluding carboxylic acids is 3. The standard InChI is InChI=1S/C13H20N2O4/c1-8-9(4-3-7-14-8)12(17)15-10(13(18)19-2)5-6-11(15)16/h8-10,14H,3-7H2,1-2H3/t8-,9-,10+/m1/s1. The molecule has 0 radical (unpaired) electrons. The summed E-state index contributed by atoms with van der Waals surface area (Å²) in [6, 6.07) is -0.702. The Morgan fingerprint density at radius 3 is 2.74 bits per heavy atom. The number of rotatable bonds is 2. The lowest BCUT2D eigenvalue weighted by Gasteiger charge is -2.32. The maximum atomic E-state index is 12.5. The van der Waals surface area contributed by atoms with Crippen LogP contribution in [0.1, 0.15) is 32.6 Å². The molecule has 0 saturated carbocycles. The molecule has 2 saturated heterocycles. The molecule has 2 aliphatic heterocycles. The molecule has 106 valence electrons. The summed E-state index contributed by atoms with van der Waals surface area (Å²) in [4.78, 5) is 37.2. The summed E-state index contributed by atoms with van der Waals surface area (Å²) in [5.41, 5.74) is 0. The van der Waals surface area contributed by atoms with Gasteiger partial charge in [0.1, 0.15) is 6.04 Å². The molecule has 0 aliphatic carbocycles. The number of hydrogen-bond acceptors (Lipinski definition) is 5. The van der Waals surface area contributed by atoms with Gasteiger partial charge in [-0.15, -0.1) is 0 Å². The summed E-state index contributed by atoms with van der Waals surface area (Å²) in [5.74, 6) is -1.24. The average Bonchev–Trinajstić information content (AvgIpc) is 2.79. The van der Waals surface area contributed by atoms with Gasteiger partial charge in [0.2, 0.25) is 11.8 Å². The number of carbonyl (C=O) groups is 3. The summed E-state index contributed by atoms with van der Waals surface area (Å²) in [7, 11) is 1.28. The Balaban J connectivity index is 2.15. The molecule has 2 rings (SSSR count). The lowest BCUT2D eigenvalue weighted by atomic mass is 9.90. The van der Waals surface area contributed by atoms with E-state index < -0.39 is 12.0 Å². The number of piperidine rings is 1. The number of methoxy groups -OCH3 is 1. The van der Waals surface area contributed by atoms with Crippen molar-refractivity contribution in [3.63, 3.8) is 0 Å². The molecule has 6 heteroatoms. The van der Waals surface area contributed by atoms with Crippen LogP contribution in [-0.4, -0.2) is 48.4 Å². The van der Waals surface area contributed by atoms with Crippen molar-refractivity contribution >= 4 is 17.8 Å². The Morgan fingerprint density at radius 1 is 1.37 bits per heavy atom. The fourth-order valence-electron chi connectivity index (χ4n) is 2.88. The van der Waals surface area contributed by atoms with Gasteiger partial charge < -0.3 is 10.1 Å². The van der Waals surface area contributed by atoms with Gasteiger partial charge in [0.05, 0.1) is 13.0 Å². The highest BCUT2D eigenvalue weighted by Gasteiger charge is 2.44. The van der Waals surface area contributed by atoms with Gasteiger partial charge in [0.25, 0.3) is 0 Å². The third kappa shape index (κ3) is 2.63. The Bertz CT molecular complexity index is 396. The zero-order valence-corrected chi connectivity index (χ0v) is 11.3. The van der Waals surface area contributed by atoms with Gasteiger partial charge in [-0.05, 0) is 32.7 Å². The lowest BCUT2D eigenvalue weighted by molar-refractivity contribution is -0.158. The Kier molecular flexibility index (Phi) is 4.19. The molecular weight excluding hydrogens is 248 g/mol. The zero-order valence-electron chi connectivity index (χ0n) is 11.3. The molecule has 2 amide bonds. The van der Waals surface area contributed by atoms with Crippen molar-refractivity contribution in [2.45, 2.75) is 44.7 Å². The number of ether oxygens (including phenoxy) is 1. The molecule has 0 unspecified atom stereocenters. The van der Waals surface area contributed by atoms with Crippen molar-refractivity contribution in [1.29, 1.82) is 0 Å². The second-order valence-electron chi connectivity index (χ2n) is 5.17. The van der Waals surface area contributed by atoms with Crippen molar-refractivity contribution in [2.24, 2.45) is 5.92 Å². The third-order valence-corrected chi connectivity index (χ3v) is 4.00. The SMILES string of the molecule is COC(=O)[C@@H]1CCC(=O)N1C(=O)[C@@H]1CCCN[C@@H]1C. The Labute approximate surface area is 112 Å². The molecule has 0 bridgehead atoms. The van der Waals surface area contributed by atoms with Gasteiger partial charge in [0, 0.05) is 12.5 Å². The van der Waals surface area contributed by atoms with E-state index in [1.165, 1.54) is 7.11 Å². The largest absolute Gasteiger partial charge is 0.467 e. The Morgan fingerprint density at radius 2 is 2.11 bits per heavy atom. The maximum absolute atomic E-state index is 12.5. The number of likely N-dealkylation sites (tertiary alicyclic amines) is 1. The van der Waals surface area contributed by atoms with E-state index in [-0.39, 0.29) is 30.2 Å². The molecule has 3 atom stereocenters. The highest BCUT2D eigenvalue weighted by Crippen LogP contribution is 2.26. The number of hydrogen-bond donors (Lipinski definition) is 1. The molecule has 0 aromatic rings. The van der Waals surface area contributed by atoms with E-state index in [9.17, 15) is 14.4 Å². The summed E-state index contributed by atoms with van der Waals surface area (Å²) in [6.07, 6.45) is 2.27. The average molecular weight is 268 g/mol. The fourth-order valence-corrected chi connectivity index (χ4v) is 2.88. The summed E-state index contributed by atoms with van der Waals surface area (Å²) in [6.45, 7) is 2.83. The first-order valence-corrected chi connectivity index (χ1v) is 6.73. The summed E-state index contributed by atoms with van der Waals surface area (Å²) >= 11 is 0. The van der Waals surface area contributed by atoms with Crippen molar-refractivity contribution < 1.29 is 19.1 Å². The number of amides is 2. The molecular formula is C13H20N2O4. The summed E-state index contributed by atoms with van der Waals surface area (Å²) < 4.78 is 4.68. The van der Waals surface area contributed by atoms with Gasteiger partial charge >= 0.3 is 5.97 Å². The van der Waals surface area contributed by atoms with Gasteiger partial charge in [0.15, 0.2) is 0 Å². The molecule has 2 aliphatic rings. The summed E-state index contributed by atoms with van der Waals surface area (Å²) in [5, 5.41) is 3.23. The minimum Gasteiger partial charge on any atom is -0.467 e. The van der Waals surface area contributed by atoms with E-state index in [0.29, 0.717) is 6.42 Å². The van der Waals surface area contributed by atoms with Crippen LogP contribution in [0.15, 0.2) is 0 Å². The topological polar surface area (TPSA) is 75.7 Å². The van der Waals surface area contributed by atoms with Gasteiger partial charge in [-0.2, -0.15) is 0 Å². The van der Waals surface area contributed by atoms with Crippen LogP contribution in [0.3, 0.4) is 0 Å². The molecule has 0 spiro atoms. The number of nitrogens with one attached hydrogen (secondary N) is 1. The second kappa shape index (κ2) is 5.69. The first-order valence-electron chi connectivity index (χ1n) is 6.73. The highest BCUT2D eigenvalue weighted by molar-refractivity contribution is 6.02. The molecule has 2 fully saturated rings. The van der Waals surface area contributed by atoms with Crippen LogP contribution >= 0.6 is 0 Å². The van der Waals surface area contributed by atoms with E-state index in [1.54, 1.807) is 0 Å². The van der Waals surface area contributed by atoms with Crippen molar-refractivity contribution in [3.05, 3.63) is 0 Å². The molecule has 1 N–H and O–H groups in total. The first kappa shape index (κ1) is 14.0. The lowest BCUT2D eigenvalue weighted by Crippen LogP contribution is -2.52. The highest BCUT2D eigenvalue weighted by atomic mass is 16.5. The molecule has 6 nitrogen and oxygen atoms in total. The normalized spacial score (nSPS) is 31.4. The van der Waals surface area contributed by atoms with Crippen LogP contribution in [0.4, 0.5) is 0 Å². The van der Waals surface area contributed by atoms with E-state index in [1.807, 2.05) is 6.92 Å².